The number of benzene rings is 2. The predicted molar refractivity (Wildman–Crippen MR) is 134 cm³/mol. The van der Waals surface area contributed by atoms with Gasteiger partial charge in [0.1, 0.15) is 11.3 Å². The number of piperazine rings is 1. The number of aromatic nitrogens is 2. The van der Waals surface area contributed by atoms with E-state index in [0.29, 0.717) is 43.5 Å². The van der Waals surface area contributed by atoms with Gasteiger partial charge in [-0.15, -0.1) is 0 Å². The van der Waals surface area contributed by atoms with Gasteiger partial charge in [-0.3, -0.25) is 9.59 Å². The molecule has 2 aromatic carbocycles. The Morgan fingerprint density at radius 2 is 1.67 bits per heavy atom. The van der Waals surface area contributed by atoms with E-state index >= 15 is 0 Å². The first kappa shape index (κ1) is 23.2. The molecule has 0 N–H and O–H groups in total. The summed E-state index contributed by atoms with van der Waals surface area (Å²) >= 11 is 0. The number of esters is 1. The summed E-state index contributed by atoms with van der Waals surface area (Å²) in [5.41, 5.74) is 1.20. The molecular weight excluding hydrogens is 460 g/mol. The van der Waals surface area contributed by atoms with Gasteiger partial charge in [-0.2, -0.15) is 0 Å². The molecule has 1 aliphatic rings. The molecule has 36 heavy (non-hydrogen) atoms. The molecule has 0 spiro atoms. The van der Waals surface area contributed by atoms with Crippen molar-refractivity contribution in [2.45, 2.75) is 6.92 Å². The molecule has 0 atom stereocenters. The number of amides is 1. The summed E-state index contributed by atoms with van der Waals surface area (Å²) < 4.78 is 11.4. The first-order valence-electron chi connectivity index (χ1n) is 11.6. The van der Waals surface area contributed by atoms with Crippen LogP contribution in [0.5, 0.6) is 0 Å². The summed E-state index contributed by atoms with van der Waals surface area (Å²) in [5, 5.41) is 0.284. The molecule has 9 heteroatoms. The fraction of sp³-hybridized carbons (Fsp3) is 0.222. The Hall–Kier alpha value is -4.53. The number of fused-ring (bicyclic) bond motifs is 1. The molecule has 1 aliphatic heterocycles. The van der Waals surface area contributed by atoms with Crippen LogP contribution in [0.15, 0.2) is 76.2 Å². The highest BCUT2D eigenvalue weighted by Gasteiger charge is 2.24. The Bertz CT molecular complexity index is 1460. The molecule has 9 nitrogen and oxygen atoms in total. The second-order valence-electron chi connectivity index (χ2n) is 8.43. The van der Waals surface area contributed by atoms with Crippen LogP contribution in [0.25, 0.3) is 22.3 Å². The molecule has 0 aliphatic carbocycles. The minimum Gasteiger partial charge on any atom is -0.455 e. The normalized spacial score (nSPS) is 13.6. The summed E-state index contributed by atoms with van der Waals surface area (Å²) in [6.07, 6.45) is 3.36. The molecule has 0 saturated carbocycles. The van der Waals surface area contributed by atoms with Gasteiger partial charge in [-0.25, -0.2) is 14.8 Å². The van der Waals surface area contributed by atoms with Crippen LogP contribution in [0.1, 0.15) is 15.9 Å². The van der Waals surface area contributed by atoms with Gasteiger partial charge in [0.05, 0.1) is 5.39 Å². The first-order chi connectivity index (χ1) is 17.5. The molecule has 1 saturated heterocycles. The molecule has 182 valence electrons. The third-order valence-corrected chi connectivity index (χ3v) is 6.19. The monoisotopic (exact) mass is 484 g/mol. The lowest BCUT2D eigenvalue weighted by Crippen LogP contribution is -2.50. The lowest BCUT2D eigenvalue weighted by molar-refractivity contribution is -0.134. The van der Waals surface area contributed by atoms with Gasteiger partial charge >= 0.3 is 5.97 Å². The third-order valence-electron chi connectivity index (χ3n) is 6.19. The van der Waals surface area contributed by atoms with E-state index in [9.17, 15) is 14.4 Å². The van der Waals surface area contributed by atoms with E-state index in [1.54, 1.807) is 42.4 Å². The number of hydrogen-bond donors (Lipinski definition) is 0. The van der Waals surface area contributed by atoms with Gasteiger partial charge in [0, 0.05) is 49.7 Å². The minimum absolute atomic E-state index is 0.0978. The van der Waals surface area contributed by atoms with Gasteiger partial charge in [-0.1, -0.05) is 36.4 Å². The van der Waals surface area contributed by atoms with Crippen LogP contribution < -0.4 is 10.3 Å². The molecule has 5 rings (SSSR count). The van der Waals surface area contributed by atoms with E-state index in [1.165, 1.54) is 6.07 Å². The summed E-state index contributed by atoms with van der Waals surface area (Å²) in [5.74, 6) is -0.000878. The molecule has 3 heterocycles. The molecular formula is C27H24N4O5. The Labute approximate surface area is 207 Å². The van der Waals surface area contributed by atoms with Crippen LogP contribution >= 0.6 is 0 Å². The Kier molecular flexibility index (Phi) is 6.44. The number of ether oxygens (including phenoxy) is 1. The number of hydrogen-bond acceptors (Lipinski definition) is 8. The zero-order valence-electron chi connectivity index (χ0n) is 19.7. The fourth-order valence-corrected chi connectivity index (χ4v) is 4.24. The average Bonchev–Trinajstić information content (AvgIpc) is 2.94. The third kappa shape index (κ3) is 4.55. The van der Waals surface area contributed by atoms with Crippen LogP contribution in [0.2, 0.25) is 0 Å². The lowest BCUT2D eigenvalue weighted by atomic mass is 10.0. The summed E-state index contributed by atoms with van der Waals surface area (Å²) in [4.78, 5) is 50.8. The van der Waals surface area contributed by atoms with Crippen molar-refractivity contribution >= 4 is 28.8 Å². The second-order valence-corrected chi connectivity index (χ2v) is 8.43. The van der Waals surface area contributed by atoms with Crippen molar-refractivity contribution in [1.82, 2.24) is 14.9 Å². The lowest BCUT2D eigenvalue weighted by Gasteiger charge is -2.34. The molecule has 0 unspecified atom stereocenters. The Morgan fingerprint density at radius 3 is 2.39 bits per heavy atom. The van der Waals surface area contributed by atoms with Crippen molar-refractivity contribution in [2.24, 2.45) is 0 Å². The highest BCUT2D eigenvalue weighted by Crippen LogP contribution is 2.27. The molecule has 2 aromatic heterocycles. The van der Waals surface area contributed by atoms with E-state index in [1.807, 2.05) is 35.2 Å². The fourth-order valence-electron chi connectivity index (χ4n) is 4.24. The van der Waals surface area contributed by atoms with Gasteiger partial charge < -0.3 is 19.0 Å². The van der Waals surface area contributed by atoms with E-state index in [-0.39, 0.29) is 27.9 Å². The molecule has 0 bridgehead atoms. The number of carbonyl (C=O) groups excluding carboxylic acids is 2. The Balaban J connectivity index is 1.30. The van der Waals surface area contributed by atoms with Crippen molar-refractivity contribution in [1.29, 1.82) is 0 Å². The van der Waals surface area contributed by atoms with Crippen LogP contribution in [0.3, 0.4) is 0 Å². The molecule has 1 amide bonds. The van der Waals surface area contributed by atoms with Crippen molar-refractivity contribution in [3.8, 4) is 11.3 Å². The van der Waals surface area contributed by atoms with E-state index < -0.39 is 12.6 Å². The van der Waals surface area contributed by atoms with E-state index in [4.69, 9.17) is 9.15 Å². The largest absolute Gasteiger partial charge is 0.455 e. The first-order valence-corrected chi connectivity index (χ1v) is 11.6. The zero-order valence-corrected chi connectivity index (χ0v) is 19.7. The van der Waals surface area contributed by atoms with Crippen molar-refractivity contribution in [3.63, 3.8) is 0 Å². The van der Waals surface area contributed by atoms with Gasteiger partial charge in [0.2, 0.25) is 5.95 Å². The summed E-state index contributed by atoms with van der Waals surface area (Å²) in [6.45, 7) is 3.40. The van der Waals surface area contributed by atoms with E-state index in [0.717, 1.165) is 5.56 Å². The summed E-state index contributed by atoms with van der Waals surface area (Å²) in [7, 11) is 0. The highest BCUT2D eigenvalue weighted by atomic mass is 16.5. The van der Waals surface area contributed by atoms with Crippen molar-refractivity contribution in [3.05, 3.63) is 88.3 Å². The summed E-state index contributed by atoms with van der Waals surface area (Å²) in [6, 6.07) is 15.7. The Morgan fingerprint density at radius 1 is 0.944 bits per heavy atom. The number of anilines is 1. The second kappa shape index (κ2) is 9.99. The zero-order chi connectivity index (χ0) is 25.1. The minimum atomic E-state index is -0.726. The van der Waals surface area contributed by atoms with Gasteiger partial charge in [0.25, 0.3) is 5.91 Å². The van der Waals surface area contributed by atoms with Crippen LogP contribution in [-0.2, 0) is 9.53 Å². The smallest absolute Gasteiger partial charge is 0.342 e. The highest BCUT2D eigenvalue weighted by molar-refractivity contribution is 6.02. The number of carbonyl (C=O) groups is 2. The maximum Gasteiger partial charge on any atom is 0.342 e. The van der Waals surface area contributed by atoms with Crippen LogP contribution in [-0.4, -0.2) is 59.5 Å². The molecule has 1 fully saturated rings. The quantitative estimate of drug-likeness (QED) is 0.398. The average molecular weight is 485 g/mol. The molecule has 0 radical (unpaired) electrons. The maximum atomic E-state index is 13.0. The number of para-hydroxylation sites is 1. The van der Waals surface area contributed by atoms with Crippen molar-refractivity contribution in [2.75, 3.05) is 37.7 Å². The standard InChI is InChI=1S/C27H24N4O5/c1-18-23(33)20-9-5-10-21(25(20)36-24(18)19-7-3-2-4-8-19)26(34)35-17-22(32)30-13-15-31(16-14-30)27-28-11-6-12-29-27/h2-12H,13-17H2,1H3. The van der Waals surface area contributed by atoms with E-state index in [2.05, 4.69) is 9.97 Å². The van der Waals surface area contributed by atoms with Crippen LogP contribution in [0.4, 0.5) is 5.95 Å². The van der Waals surface area contributed by atoms with Crippen LogP contribution in [0, 0.1) is 6.92 Å². The number of rotatable bonds is 5. The number of nitrogens with zero attached hydrogens (tertiary/aromatic N) is 4. The predicted octanol–water partition coefficient (Wildman–Crippen LogP) is 3.06. The molecule has 4 aromatic rings. The topological polar surface area (TPSA) is 106 Å². The van der Waals surface area contributed by atoms with Gasteiger partial charge in [-0.05, 0) is 25.1 Å². The van der Waals surface area contributed by atoms with Crippen molar-refractivity contribution < 1.29 is 18.7 Å². The maximum absolute atomic E-state index is 13.0. The van der Waals surface area contributed by atoms with Gasteiger partial charge in [0.15, 0.2) is 17.6 Å². The SMILES string of the molecule is Cc1c(-c2ccccc2)oc2c(C(=O)OCC(=O)N3CCN(c4ncccn4)CC3)cccc2c1=O.